The lowest BCUT2D eigenvalue weighted by Crippen LogP contribution is -2.09. The van der Waals surface area contributed by atoms with Crippen LogP contribution >= 0.6 is 0 Å². The van der Waals surface area contributed by atoms with E-state index in [-0.39, 0.29) is 0 Å². The number of aromatic carboxylic acids is 1. The molecule has 0 bridgehead atoms. The predicted octanol–water partition coefficient (Wildman–Crippen LogP) is 3.73. The van der Waals surface area contributed by atoms with Crippen LogP contribution in [0.4, 0.5) is 17.6 Å². The Hall–Kier alpha value is -2.64. The van der Waals surface area contributed by atoms with Crippen LogP contribution in [0.25, 0.3) is 0 Å². The second-order valence-corrected chi connectivity index (χ2v) is 3.90. The summed E-state index contributed by atoms with van der Waals surface area (Å²) in [6.45, 7) is 0. The average molecular weight is 301 g/mol. The predicted molar refractivity (Wildman–Crippen MR) is 62.7 cm³/mol. The minimum atomic E-state index is -4.72. The van der Waals surface area contributed by atoms with Gasteiger partial charge in [0, 0.05) is 6.20 Å². The smallest absolute Gasteiger partial charge is 0.421 e. The lowest BCUT2D eigenvalue weighted by molar-refractivity contribution is -0.138. The molecule has 1 N–H and O–H groups in total. The van der Waals surface area contributed by atoms with Crippen LogP contribution in [0.2, 0.25) is 0 Å². The third-order valence-corrected chi connectivity index (χ3v) is 2.46. The van der Waals surface area contributed by atoms with Gasteiger partial charge in [0.05, 0.1) is 0 Å². The van der Waals surface area contributed by atoms with Crippen LogP contribution in [0.15, 0.2) is 36.5 Å². The van der Waals surface area contributed by atoms with Gasteiger partial charge >= 0.3 is 12.1 Å². The molecule has 21 heavy (non-hydrogen) atoms. The maximum absolute atomic E-state index is 13.0. The van der Waals surface area contributed by atoms with Crippen LogP contribution < -0.4 is 4.74 Å². The van der Waals surface area contributed by atoms with Crippen molar-refractivity contribution < 1.29 is 32.2 Å². The Balaban J connectivity index is 2.47. The molecule has 1 aromatic heterocycles. The van der Waals surface area contributed by atoms with Crippen molar-refractivity contribution >= 4 is 5.97 Å². The van der Waals surface area contributed by atoms with Crippen LogP contribution in [-0.4, -0.2) is 16.1 Å². The third-order valence-electron chi connectivity index (χ3n) is 2.46. The molecule has 0 saturated heterocycles. The minimum absolute atomic E-state index is 0.437. The number of rotatable bonds is 3. The molecule has 2 aromatic rings. The van der Waals surface area contributed by atoms with E-state index >= 15 is 0 Å². The number of carboxylic acids is 1. The highest BCUT2D eigenvalue weighted by molar-refractivity contribution is 5.91. The fourth-order valence-corrected chi connectivity index (χ4v) is 1.55. The van der Waals surface area contributed by atoms with Gasteiger partial charge in [-0.3, -0.25) is 0 Å². The van der Waals surface area contributed by atoms with Crippen LogP contribution in [0.5, 0.6) is 11.6 Å². The Labute approximate surface area is 115 Å². The van der Waals surface area contributed by atoms with Crippen molar-refractivity contribution in [2.24, 2.45) is 0 Å². The first-order valence-electron chi connectivity index (χ1n) is 5.52. The van der Waals surface area contributed by atoms with Gasteiger partial charge in [-0.05, 0) is 30.3 Å². The van der Waals surface area contributed by atoms with Gasteiger partial charge < -0.3 is 9.84 Å². The van der Waals surface area contributed by atoms with E-state index in [2.05, 4.69) is 4.98 Å². The number of aromatic nitrogens is 1. The van der Waals surface area contributed by atoms with Gasteiger partial charge in [0.25, 0.3) is 0 Å². The largest absolute Gasteiger partial charge is 0.478 e. The summed E-state index contributed by atoms with van der Waals surface area (Å²) in [5.74, 6) is -3.63. The zero-order valence-corrected chi connectivity index (χ0v) is 10.2. The lowest BCUT2D eigenvalue weighted by Gasteiger charge is -2.13. The lowest BCUT2D eigenvalue weighted by atomic mass is 10.2. The quantitative estimate of drug-likeness (QED) is 0.878. The molecule has 0 radical (unpaired) electrons. The monoisotopic (exact) mass is 301 g/mol. The third kappa shape index (κ3) is 3.28. The summed E-state index contributed by atoms with van der Waals surface area (Å²) in [5.41, 5.74) is -1.76. The summed E-state index contributed by atoms with van der Waals surface area (Å²) < 4.78 is 56.2. The van der Waals surface area contributed by atoms with E-state index < -0.39 is 40.7 Å². The van der Waals surface area contributed by atoms with E-state index in [1.165, 1.54) is 0 Å². The van der Waals surface area contributed by atoms with Crippen LogP contribution in [0, 0.1) is 5.82 Å². The number of carbonyl (C=O) groups is 1. The number of benzene rings is 1. The SMILES string of the molecule is O=C(O)c1cc(F)ccc1Oc1ncccc1C(F)(F)F. The summed E-state index contributed by atoms with van der Waals surface area (Å²) in [6, 6.07) is 4.25. The standard InChI is InChI=1S/C13H7F4NO3/c14-7-3-4-10(8(6-7)12(19)20)21-11-9(13(15,16)17)2-1-5-18-11/h1-6H,(H,19,20). The zero-order valence-electron chi connectivity index (χ0n) is 10.2. The number of carboxylic acid groups (broad SMARTS) is 1. The summed E-state index contributed by atoms with van der Waals surface area (Å²) >= 11 is 0. The zero-order chi connectivity index (χ0) is 15.6. The van der Waals surface area contributed by atoms with Gasteiger partial charge in [-0.2, -0.15) is 13.2 Å². The Morgan fingerprint density at radius 1 is 1.24 bits per heavy atom. The van der Waals surface area contributed by atoms with Crippen molar-refractivity contribution in [2.75, 3.05) is 0 Å². The summed E-state index contributed by atoms with van der Waals surface area (Å²) in [5, 5.41) is 8.91. The van der Waals surface area contributed by atoms with Crippen molar-refractivity contribution in [3.8, 4) is 11.6 Å². The van der Waals surface area contributed by atoms with E-state index in [4.69, 9.17) is 9.84 Å². The fraction of sp³-hybridized carbons (Fsp3) is 0.0769. The molecule has 0 atom stereocenters. The molecule has 1 aromatic carbocycles. The Morgan fingerprint density at radius 2 is 1.95 bits per heavy atom. The summed E-state index contributed by atoms with van der Waals surface area (Å²) in [4.78, 5) is 14.4. The second kappa shape index (κ2) is 5.39. The molecule has 0 fully saturated rings. The van der Waals surface area contributed by atoms with Crippen molar-refractivity contribution in [3.05, 3.63) is 53.5 Å². The van der Waals surface area contributed by atoms with Crippen LogP contribution in [0.3, 0.4) is 0 Å². The van der Waals surface area contributed by atoms with E-state index in [1.54, 1.807) is 0 Å². The summed E-state index contributed by atoms with van der Waals surface area (Å²) in [7, 11) is 0. The average Bonchev–Trinajstić information content (AvgIpc) is 2.40. The van der Waals surface area contributed by atoms with Crippen molar-refractivity contribution in [1.82, 2.24) is 4.98 Å². The first kappa shape index (κ1) is 14.8. The normalized spacial score (nSPS) is 11.2. The fourth-order valence-electron chi connectivity index (χ4n) is 1.55. The highest BCUT2D eigenvalue weighted by Crippen LogP contribution is 2.37. The molecule has 110 valence electrons. The first-order valence-corrected chi connectivity index (χ1v) is 5.52. The minimum Gasteiger partial charge on any atom is -0.478 e. The number of ether oxygens (including phenoxy) is 1. The first-order chi connectivity index (χ1) is 9.79. The number of halogens is 4. The number of alkyl halides is 3. The van der Waals surface area contributed by atoms with Crippen LogP contribution in [0.1, 0.15) is 15.9 Å². The Kier molecular flexibility index (Phi) is 3.79. The highest BCUT2D eigenvalue weighted by Gasteiger charge is 2.35. The number of hydrogen-bond donors (Lipinski definition) is 1. The Morgan fingerprint density at radius 3 is 2.57 bits per heavy atom. The molecule has 1 heterocycles. The van der Waals surface area contributed by atoms with Gasteiger partial charge in [0.1, 0.15) is 22.7 Å². The topological polar surface area (TPSA) is 59.4 Å². The molecule has 0 amide bonds. The van der Waals surface area contributed by atoms with Crippen molar-refractivity contribution in [3.63, 3.8) is 0 Å². The van der Waals surface area contributed by atoms with Gasteiger partial charge in [0.2, 0.25) is 5.88 Å². The molecule has 0 saturated carbocycles. The molecule has 2 rings (SSSR count). The number of hydrogen-bond acceptors (Lipinski definition) is 3. The van der Waals surface area contributed by atoms with Crippen molar-refractivity contribution in [1.29, 1.82) is 0 Å². The molecule has 8 heteroatoms. The molecular formula is C13H7F4NO3. The number of pyridine rings is 1. The van der Waals surface area contributed by atoms with E-state index in [0.29, 0.717) is 6.07 Å². The Bertz CT molecular complexity index is 685. The molecular weight excluding hydrogens is 294 g/mol. The van der Waals surface area contributed by atoms with Gasteiger partial charge in [0.15, 0.2) is 0 Å². The van der Waals surface area contributed by atoms with E-state index in [9.17, 15) is 22.4 Å². The maximum Gasteiger partial charge on any atom is 0.421 e. The second-order valence-electron chi connectivity index (χ2n) is 3.90. The molecule has 0 spiro atoms. The van der Waals surface area contributed by atoms with Gasteiger partial charge in [-0.25, -0.2) is 14.2 Å². The van der Waals surface area contributed by atoms with E-state index in [1.807, 2.05) is 0 Å². The van der Waals surface area contributed by atoms with Gasteiger partial charge in [-0.1, -0.05) is 0 Å². The summed E-state index contributed by atoms with van der Waals surface area (Å²) in [6.07, 6.45) is -3.65. The van der Waals surface area contributed by atoms with E-state index in [0.717, 1.165) is 30.5 Å². The van der Waals surface area contributed by atoms with Gasteiger partial charge in [-0.15, -0.1) is 0 Å². The number of nitrogens with zero attached hydrogens (tertiary/aromatic N) is 1. The molecule has 0 aliphatic rings. The maximum atomic E-state index is 13.0. The van der Waals surface area contributed by atoms with Crippen molar-refractivity contribution in [2.45, 2.75) is 6.18 Å². The highest BCUT2D eigenvalue weighted by atomic mass is 19.4. The molecule has 0 aliphatic carbocycles. The molecule has 4 nitrogen and oxygen atoms in total. The molecule has 0 aliphatic heterocycles. The molecule has 0 unspecified atom stereocenters. The van der Waals surface area contributed by atoms with Crippen LogP contribution in [-0.2, 0) is 6.18 Å².